The van der Waals surface area contributed by atoms with Crippen LogP contribution in [0.3, 0.4) is 0 Å². The molecule has 1 heterocycles. The highest BCUT2D eigenvalue weighted by Crippen LogP contribution is 2.31. The first-order valence-electron chi connectivity index (χ1n) is 9.72. The monoisotopic (exact) mass is 480 g/mol. The van der Waals surface area contributed by atoms with Gasteiger partial charge < -0.3 is 10.6 Å². The fraction of sp³-hybridized carbons (Fsp3) is 0. The Kier molecular flexibility index (Phi) is 6.07. The average Bonchev–Trinajstić information content (AvgIpc) is 3.03. The number of amides is 3. The molecule has 3 aromatic rings. The number of halogens is 2. The minimum Gasteiger partial charge on any atom is -0.350 e. The molecule has 0 bridgehead atoms. The van der Waals surface area contributed by atoms with Crippen molar-refractivity contribution in [2.45, 2.75) is 0 Å². The normalized spacial score (nSPS) is 13.3. The molecule has 0 fully saturated rings. The van der Waals surface area contributed by atoms with Crippen molar-refractivity contribution in [2.75, 3.05) is 15.5 Å². The first-order valence-corrected chi connectivity index (χ1v) is 10.1. The van der Waals surface area contributed by atoms with Gasteiger partial charge in [-0.1, -0.05) is 29.8 Å². The third-order valence-electron chi connectivity index (χ3n) is 4.85. The number of anilines is 3. The SMILES string of the molecule is O=C(Nc1cccc([N+](=O)[O-])c1)c1ccc(NC2=C(Cl)C(=O)N(c3ccccc3F)C2=O)cc1. The van der Waals surface area contributed by atoms with E-state index in [0.717, 1.165) is 6.07 Å². The van der Waals surface area contributed by atoms with E-state index in [-0.39, 0.29) is 28.3 Å². The van der Waals surface area contributed by atoms with Gasteiger partial charge in [0.05, 0.1) is 10.6 Å². The van der Waals surface area contributed by atoms with E-state index in [1.165, 1.54) is 66.7 Å². The van der Waals surface area contributed by atoms with Gasteiger partial charge in [0.15, 0.2) is 0 Å². The Morgan fingerprint density at radius 1 is 0.941 bits per heavy atom. The van der Waals surface area contributed by atoms with Crippen LogP contribution in [0.15, 0.2) is 83.5 Å². The summed E-state index contributed by atoms with van der Waals surface area (Å²) in [5.41, 5.74) is 0.212. The smallest absolute Gasteiger partial charge is 0.283 e. The summed E-state index contributed by atoms with van der Waals surface area (Å²) in [5, 5.41) is 15.8. The number of non-ortho nitro benzene ring substituents is 1. The summed E-state index contributed by atoms with van der Waals surface area (Å²) in [6, 6.07) is 16.6. The predicted molar refractivity (Wildman–Crippen MR) is 123 cm³/mol. The predicted octanol–water partition coefficient (Wildman–Crippen LogP) is 4.42. The average molecular weight is 481 g/mol. The summed E-state index contributed by atoms with van der Waals surface area (Å²) in [6.07, 6.45) is 0. The van der Waals surface area contributed by atoms with Gasteiger partial charge in [0.25, 0.3) is 23.4 Å². The lowest BCUT2D eigenvalue weighted by molar-refractivity contribution is -0.384. The van der Waals surface area contributed by atoms with Crippen LogP contribution >= 0.6 is 11.6 Å². The number of benzene rings is 3. The molecule has 0 saturated heterocycles. The van der Waals surface area contributed by atoms with Gasteiger partial charge in [0, 0.05) is 29.1 Å². The molecule has 0 saturated carbocycles. The van der Waals surface area contributed by atoms with Crippen LogP contribution < -0.4 is 15.5 Å². The molecule has 9 nitrogen and oxygen atoms in total. The first kappa shape index (κ1) is 22.6. The van der Waals surface area contributed by atoms with E-state index in [1.54, 1.807) is 0 Å². The van der Waals surface area contributed by atoms with E-state index in [0.29, 0.717) is 10.6 Å². The third kappa shape index (κ3) is 4.34. The molecule has 0 radical (unpaired) electrons. The Hall–Kier alpha value is -4.57. The van der Waals surface area contributed by atoms with Gasteiger partial charge in [-0.25, -0.2) is 9.29 Å². The number of rotatable bonds is 6. The number of imide groups is 1. The number of nitro benzene ring substituents is 1. The number of para-hydroxylation sites is 1. The minimum atomic E-state index is -0.868. The second-order valence-corrected chi connectivity index (χ2v) is 7.43. The molecule has 2 N–H and O–H groups in total. The highest BCUT2D eigenvalue weighted by molar-refractivity contribution is 6.53. The van der Waals surface area contributed by atoms with E-state index < -0.39 is 33.5 Å². The summed E-state index contributed by atoms with van der Waals surface area (Å²) in [4.78, 5) is 48.6. The molecule has 0 aromatic heterocycles. The molecule has 0 aliphatic carbocycles. The van der Waals surface area contributed by atoms with E-state index in [9.17, 15) is 28.9 Å². The van der Waals surface area contributed by atoms with E-state index in [2.05, 4.69) is 10.6 Å². The Morgan fingerprint density at radius 3 is 2.32 bits per heavy atom. The maximum Gasteiger partial charge on any atom is 0.283 e. The van der Waals surface area contributed by atoms with Crippen LogP contribution in [0.25, 0.3) is 0 Å². The number of nitrogens with one attached hydrogen (secondary N) is 2. The maximum absolute atomic E-state index is 14.1. The van der Waals surface area contributed by atoms with Crippen molar-refractivity contribution >= 4 is 52.1 Å². The number of hydrogen-bond acceptors (Lipinski definition) is 6. The van der Waals surface area contributed by atoms with Crippen molar-refractivity contribution < 1.29 is 23.7 Å². The van der Waals surface area contributed by atoms with Crippen LogP contribution in [0, 0.1) is 15.9 Å². The molecule has 3 aromatic carbocycles. The number of carbonyl (C=O) groups is 3. The van der Waals surface area contributed by atoms with Crippen LogP contribution in [0.4, 0.5) is 27.1 Å². The zero-order valence-corrected chi connectivity index (χ0v) is 17.9. The van der Waals surface area contributed by atoms with E-state index in [4.69, 9.17) is 11.6 Å². The van der Waals surface area contributed by atoms with Gasteiger partial charge in [-0.3, -0.25) is 24.5 Å². The Morgan fingerprint density at radius 2 is 1.65 bits per heavy atom. The fourth-order valence-corrected chi connectivity index (χ4v) is 3.43. The highest BCUT2D eigenvalue weighted by atomic mass is 35.5. The standard InChI is InChI=1S/C23H14ClFN4O5/c24-19-20(23(32)28(22(19)31)18-7-2-1-6-17(18)25)26-14-10-8-13(9-11-14)21(30)27-15-4-3-5-16(12-15)29(33)34/h1-12,26H,(H,27,30). The van der Waals surface area contributed by atoms with Crippen LogP contribution in [-0.4, -0.2) is 22.6 Å². The summed E-state index contributed by atoms with van der Waals surface area (Å²) >= 11 is 6.05. The van der Waals surface area contributed by atoms with Gasteiger partial charge in [0.2, 0.25) is 0 Å². The summed E-state index contributed by atoms with van der Waals surface area (Å²) in [5.74, 6) is -2.96. The minimum absolute atomic E-state index is 0.164. The second kappa shape index (κ2) is 9.12. The maximum atomic E-state index is 14.1. The number of hydrogen-bond donors (Lipinski definition) is 2. The van der Waals surface area contributed by atoms with Crippen LogP contribution in [-0.2, 0) is 9.59 Å². The van der Waals surface area contributed by atoms with Crippen molar-refractivity contribution in [1.82, 2.24) is 0 Å². The molecule has 0 atom stereocenters. The van der Waals surface area contributed by atoms with Gasteiger partial charge in [-0.05, 0) is 42.5 Å². The first-order chi connectivity index (χ1) is 16.3. The fourth-order valence-electron chi connectivity index (χ4n) is 3.21. The molecule has 3 amide bonds. The lowest BCUT2D eigenvalue weighted by Gasteiger charge is -2.15. The molecule has 4 rings (SSSR count). The largest absolute Gasteiger partial charge is 0.350 e. The summed E-state index contributed by atoms with van der Waals surface area (Å²) in [6.45, 7) is 0. The van der Waals surface area contributed by atoms with Crippen LogP contribution in [0.2, 0.25) is 0 Å². The van der Waals surface area contributed by atoms with Crippen LogP contribution in [0.1, 0.15) is 10.4 Å². The van der Waals surface area contributed by atoms with Crippen molar-refractivity contribution in [3.05, 3.63) is 105 Å². The third-order valence-corrected chi connectivity index (χ3v) is 5.20. The molecule has 34 heavy (non-hydrogen) atoms. The van der Waals surface area contributed by atoms with E-state index >= 15 is 0 Å². The zero-order chi connectivity index (χ0) is 24.4. The number of carbonyl (C=O) groups excluding carboxylic acids is 3. The summed E-state index contributed by atoms with van der Waals surface area (Å²) < 4.78 is 14.1. The topological polar surface area (TPSA) is 122 Å². The highest BCUT2D eigenvalue weighted by Gasteiger charge is 2.40. The number of nitro groups is 1. The van der Waals surface area contributed by atoms with Gasteiger partial charge in [0.1, 0.15) is 16.5 Å². The Balaban J connectivity index is 1.48. The molecule has 1 aliphatic heterocycles. The molecule has 0 unspecified atom stereocenters. The molecular weight excluding hydrogens is 467 g/mol. The van der Waals surface area contributed by atoms with Gasteiger partial charge >= 0.3 is 0 Å². The molecule has 0 spiro atoms. The molecule has 1 aliphatic rings. The zero-order valence-electron chi connectivity index (χ0n) is 17.1. The lowest BCUT2D eigenvalue weighted by atomic mass is 10.2. The van der Waals surface area contributed by atoms with Gasteiger partial charge in [-0.2, -0.15) is 0 Å². The van der Waals surface area contributed by atoms with Crippen LogP contribution in [0.5, 0.6) is 0 Å². The number of nitrogens with zero attached hydrogens (tertiary/aromatic N) is 2. The Bertz CT molecular complexity index is 1370. The summed E-state index contributed by atoms with van der Waals surface area (Å²) in [7, 11) is 0. The van der Waals surface area contributed by atoms with Gasteiger partial charge in [-0.15, -0.1) is 0 Å². The van der Waals surface area contributed by atoms with Crippen molar-refractivity contribution in [2.24, 2.45) is 0 Å². The van der Waals surface area contributed by atoms with Crippen molar-refractivity contribution in [3.63, 3.8) is 0 Å². The molecule has 170 valence electrons. The van der Waals surface area contributed by atoms with E-state index in [1.807, 2.05) is 0 Å². The lowest BCUT2D eigenvalue weighted by Crippen LogP contribution is -2.33. The molecular formula is C23H14ClFN4O5. The van der Waals surface area contributed by atoms with Crippen molar-refractivity contribution in [3.8, 4) is 0 Å². The quantitative estimate of drug-likeness (QED) is 0.306. The Labute approximate surface area is 196 Å². The molecule has 11 heteroatoms. The second-order valence-electron chi connectivity index (χ2n) is 7.05. The van der Waals surface area contributed by atoms with Crippen molar-refractivity contribution in [1.29, 1.82) is 0 Å².